The monoisotopic (exact) mass is 393 g/mol. The van der Waals surface area contributed by atoms with Crippen LogP contribution >= 0.6 is 0 Å². The summed E-state index contributed by atoms with van der Waals surface area (Å²) in [6, 6.07) is -0.633. The fourth-order valence-corrected chi connectivity index (χ4v) is 5.15. The number of carboxylic acids is 1. The van der Waals surface area contributed by atoms with Gasteiger partial charge in [-0.2, -0.15) is 0 Å². The summed E-state index contributed by atoms with van der Waals surface area (Å²) in [6.45, 7) is 2.50. The average molecular weight is 393 g/mol. The molecule has 28 heavy (non-hydrogen) atoms. The van der Waals surface area contributed by atoms with Crippen LogP contribution < -0.4 is 34.7 Å². The minimum Gasteiger partial charge on any atom is -0.543 e. The second-order valence-corrected chi connectivity index (χ2v) is 7.99. The number of amides is 3. The van der Waals surface area contributed by atoms with Crippen LogP contribution in [0.15, 0.2) is 22.9 Å². The predicted molar refractivity (Wildman–Crippen MR) is 89.4 cm³/mol. The van der Waals surface area contributed by atoms with E-state index in [2.05, 4.69) is 0 Å². The summed E-state index contributed by atoms with van der Waals surface area (Å²) in [6.07, 6.45) is 4.91. The second-order valence-electron chi connectivity index (χ2n) is 7.99. The van der Waals surface area contributed by atoms with Gasteiger partial charge in [0.25, 0.3) is 5.91 Å². The molecule has 4 aliphatic heterocycles. The molecule has 0 aromatic heterocycles. The maximum atomic E-state index is 12.6. The van der Waals surface area contributed by atoms with Crippen LogP contribution in [-0.4, -0.2) is 69.6 Å². The number of allylic oxidation sites excluding steroid dienone is 1. The molecule has 142 valence electrons. The number of carbonyl (C=O) groups excluding carboxylic acids is 4. The molecule has 8 nitrogen and oxygen atoms in total. The molecule has 3 amide bonds. The standard InChI is InChI=1S/C19H21N3O5.Na/c1-9(23)20-7-5-12-13(8-10-4-6-21(17(10)24)11-2-3-11)15(19(26)27)22-14(12)16(20)18(22)25;/h8,11-12,14,16H,2-7H2,1H3,(H,26,27);/q;+1/p-1/b10-8+;/t12?,14-,16+;/m1./s1. The van der Waals surface area contributed by atoms with Crippen LogP contribution in [0.2, 0.25) is 0 Å². The first-order chi connectivity index (χ1) is 12.9. The van der Waals surface area contributed by atoms with Crippen molar-refractivity contribution in [2.45, 2.75) is 50.7 Å². The van der Waals surface area contributed by atoms with Gasteiger partial charge in [-0.1, -0.05) is 0 Å². The normalized spacial score (nSPS) is 32.5. The first-order valence-corrected chi connectivity index (χ1v) is 9.47. The molecule has 0 spiro atoms. The number of carbonyl (C=O) groups is 4. The molecule has 0 radical (unpaired) electrons. The summed E-state index contributed by atoms with van der Waals surface area (Å²) in [5.74, 6) is -2.15. The van der Waals surface area contributed by atoms with E-state index >= 15 is 0 Å². The summed E-state index contributed by atoms with van der Waals surface area (Å²) in [4.78, 5) is 53.6. The molecule has 4 fully saturated rings. The molecule has 4 heterocycles. The van der Waals surface area contributed by atoms with Gasteiger partial charge >= 0.3 is 29.6 Å². The third-order valence-corrected chi connectivity index (χ3v) is 6.53. The van der Waals surface area contributed by atoms with Gasteiger partial charge in [0.1, 0.15) is 6.04 Å². The van der Waals surface area contributed by atoms with E-state index < -0.39 is 12.0 Å². The summed E-state index contributed by atoms with van der Waals surface area (Å²) in [7, 11) is 0. The number of piperidine rings is 1. The predicted octanol–water partition coefficient (Wildman–Crippen LogP) is -4.22. The van der Waals surface area contributed by atoms with E-state index in [1.54, 1.807) is 6.08 Å². The Balaban J connectivity index is 0.00000192. The van der Waals surface area contributed by atoms with E-state index in [4.69, 9.17) is 0 Å². The molecule has 0 N–H and O–H groups in total. The first kappa shape index (κ1) is 19.7. The molecule has 5 rings (SSSR count). The van der Waals surface area contributed by atoms with E-state index in [-0.39, 0.29) is 64.9 Å². The van der Waals surface area contributed by atoms with Crippen LogP contribution in [0.25, 0.3) is 0 Å². The van der Waals surface area contributed by atoms with Crippen LogP contribution in [0.4, 0.5) is 0 Å². The van der Waals surface area contributed by atoms with Crippen molar-refractivity contribution in [1.82, 2.24) is 14.7 Å². The van der Waals surface area contributed by atoms with Crippen LogP contribution in [0, 0.1) is 5.92 Å². The third kappa shape index (κ3) is 2.61. The average Bonchev–Trinajstić information content (AvgIpc) is 3.33. The summed E-state index contributed by atoms with van der Waals surface area (Å²) < 4.78 is 0. The zero-order chi connectivity index (χ0) is 19.0. The number of β-lactam (4-membered cyclic amide) rings is 1. The van der Waals surface area contributed by atoms with Crippen molar-refractivity contribution >= 4 is 23.7 Å². The summed E-state index contributed by atoms with van der Waals surface area (Å²) in [5.41, 5.74) is 0.998. The van der Waals surface area contributed by atoms with Crippen molar-refractivity contribution in [1.29, 1.82) is 0 Å². The van der Waals surface area contributed by atoms with Crippen molar-refractivity contribution in [3.63, 3.8) is 0 Å². The number of hydrogen-bond donors (Lipinski definition) is 0. The Morgan fingerprint density at radius 1 is 1.14 bits per heavy atom. The number of rotatable bonds is 3. The van der Waals surface area contributed by atoms with Gasteiger partial charge in [0, 0.05) is 37.5 Å². The maximum absolute atomic E-state index is 12.6. The fourth-order valence-electron chi connectivity index (χ4n) is 5.15. The van der Waals surface area contributed by atoms with Crippen LogP contribution in [0.5, 0.6) is 0 Å². The number of hydrogen-bond acceptors (Lipinski definition) is 5. The van der Waals surface area contributed by atoms with Gasteiger partial charge in [-0.05, 0) is 37.3 Å². The smallest absolute Gasteiger partial charge is 0.543 e. The fraction of sp³-hybridized carbons (Fsp3) is 0.579. The minimum atomic E-state index is -1.40. The number of nitrogens with zero attached hydrogens (tertiary/aromatic N) is 3. The molecule has 1 aliphatic carbocycles. The van der Waals surface area contributed by atoms with E-state index in [1.807, 2.05) is 4.90 Å². The van der Waals surface area contributed by atoms with Crippen molar-refractivity contribution < 1.29 is 53.8 Å². The van der Waals surface area contributed by atoms with Crippen molar-refractivity contribution in [3.05, 3.63) is 22.9 Å². The molecule has 3 saturated heterocycles. The summed E-state index contributed by atoms with van der Waals surface area (Å²) >= 11 is 0. The number of aliphatic carboxylic acids is 1. The van der Waals surface area contributed by atoms with Gasteiger partial charge in [-0.3, -0.25) is 14.4 Å². The molecule has 0 aromatic rings. The van der Waals surface area contributed by atoms with E-state index in [9.17, 15) is 24.3 Å². The zero-order valence-corrected chi connectivity index (χ0v) is 18.0. The molecule has 9 heteroatoms. The Hall–Kier alpha value is -1.64. The minimum absolute atomic E-state index is 0. The van der Waals surface area contributed by atoms with Crippen LogP contribution in [-0.2, 0) is 19.2 Å². The topological polar surface area (TPSA) is 101 Å². The van der Waals surface area contributed by atoms with Crippen molar-refractivity contribution in [2.75, 3.05) is 13.1 Å². The van der Waals surface area contributed by atoms with Crippen molar-refractivity contribution in [3.8, 4) is 0 Å². The Labute approximate surface area is 184 Å². The van der Waals surface area contributed by atoms with Crippen molar-refractivity contribution in [2.24, 2.45) is 5.92 Å². The molecule has 0 bridgehead atoms. The molecular weight excluding hydrogens is 373 g/mol. The molecule has 0 aromatic carbocycles. The van der Waals surface area contributed by atoms with Gasteiger partial charge in [0.05, 0.1) is 17.7 Å². The van der Waals surface area contributed by atoms with Crippen LogP contribution in [0.3, 0.4) is 0 Å². The largest absolute Gasteiger partial charge is 1.00 e. The van der Waals surface area contributed by atoms with E-state index in [1.165, 1.54) is 16.7 Å². The summed E-state index contributed by atoms with van der Waals surface area (Å²) in [5, 5.41) is 11.8. The second kappa shape index (κ2) is 6.71. The van der Waals surface area contributed by atoms with Crippen LogP contribution in [0.1, 0.15) is 32.6 Å². The van der Waals surface area contributed by atoms with Gasteiger partial charge in [0.2, 0.25) is 11.8 Å². The maximum Gasteiger partial charge on any atom is 1.00 e. The Morgan fingerprint density at radius 3 is 2.46 bits per heavy atom. The molecule has 1 saturated carbocycles. The van der Waals surface area contributed by atoms with Gasteiger partial charge < -0.3 is 24.6 Å². The number of likely N-dealkylation sites (tertiary alicyclic amines) is 2. The Morgan fingerprint density at radius 2 is 1.86 bits per heavy atom. The van der Waals surface area contributed by atoms with E-state index in [0.29, 0.717) is 43.1 Å². The van der Waals surface area contributed by atoms with Gasteiger partial charge in [-0.15, -0.1) is 0 Å². The third-order valence-electron chi connectivity index (χ3n) is 6.53. The molecule has 5 aliphatic rings. The quantitative estimate of drug-likeness (QED) is 0.275. The Bertz CT molecular complexity index is 862. The van der Waals surface area contributed by atoms with E-state index in [0.717, 1.165) is 12.8 Å². The number of carboxylic acid groups (broad SMARTS) is 1. The molecule has 1 unspecified atom stereocenters. The van der Waals surface area contributed by atoms with Gasteiger partial charge in [0.15, 0.2) is 0 Å². The Kier molecular flexibility index (Phi) is 4.71. The first-order valence-electron chi connectivity index (χ1n) is 9.47. The SMILES string of the molecule is CC(=O)N1CCC2C(/C=C3\CCN(C4CC4)C3=O)=C(C(=O)[O-])N3C(=O)[C@@H]1[C@@H]23.[Na+]. The molecule has 3 atom stereocenters. The van der Waals surface area contributed by atoms with Gasteiger partial charge in [-0.25, -0.2) is 0 Å². The zero-order valence-electron chi connectivity index (χ0n) is 16.0. The molecular formula is C19H20N3NaO5.